The van der Waals surface area contributed by atoms with Crippen LogP contribution in [0.4, 0.5) is 8.78 Å². The fourth-order valence-electron chi connectivity index (χ4n) is 2.22. The molecule has 124 valence electrons. The molecule has 1 amide bonds. The summed E-state index contributed by atoms with van der Waals surface area (Å²) in [5, 5.41) is 5.37. The third kappa shape index (κ3) is 3.70. The van der Waals surface area contributed by atoms with E-state index in [1.807, 2.05) is 11.4 Å². The summed E-state index contributed by atoms with van der Waals surface area (Å²) in [6, 6.07) is 4.66. The van der Waals surface area contributed by atoms with Crippen LogP contribution in [-0.2, 0) is 4.79 Å². The minimum Gasteiger partial charge on any atom is -0.349 e. The van der Waals surface area contributed by atoms with Crippen LogP contribution in [0.25, 0.3) is 10.2 Å². The molecule has 8 heteroatoms. The van der Waals surface area contributed by atoms with Crippen molar-refractivity contribution >= 4 is 39.2 Å². The van der Waals surface area contributed by atoms with E-state index in [0.717, 1.165) is 21.3 Å². The molecule has 0 fully saturated rings. The van der Waals surface area contributed by atoms with E-state index in [1.54, 1.807) is 6.92 Å². The highest BCUT2D eigenvalue weighted by molar-refractivity contribution is 8.00. The molecule has 4 nitrogen and oxygen atoms in total. The van der Waals surface area contributed by atoms with Crippen molar-refractivity contribution in [1.82, 2.24) is 15.3 Å². The van der Waals surface area contributed by atoms with E-state index in [1.165, 1.54) is 41.6 Å². The number of nitrogens with zero attached hydrogens (tertiary/aromatic N) is 2. The molecule has 1 unspecified atom stereocenters. The van der Waals surface area contributed by atoms with E-state index >= 15 is 0 Å². The van der Waals surface area contributed by atoms with E-state index in [4.69, 9.17) is 0 Å². The summed E-state index contributed by atoms with van der Waals surface area (Å²) in [7, 11) is 0. The molecule has 0 aliphatic heterocycles. The average Bonchev–Trinajstić information content (AvgIpc) is 3.01. The highest BCUT2D eigenvalue weighted by Gasteiger charge is 2.15. The van der Waals surface area contributed by atoms with Gasteiger partial charge in [-0.2, -0.15) is 0 Å². The molecule has 2 aromatic heterocycles. The zero-order valence-corrected chi connectivity index (χ0v) is 14.3. The number of thiophene rings is 1. The molecule has 3 aromatic rings. The van der Waals surface area contributed by atoms with Gasteiger partial charge in [0.1, 0.15) is 23.0 Å². The standard InChI is InChI=1S/C16H13F2N3OS2/c1-9(11-3-2-10(17)6-12(11)18)21-14(22)7-24-16-15-13(4-5-23-15)19-8-20-16/h2-6,8-9H,7H2,1H3,(H,21,22). The number of halogens is 2. The van der Waals surface area contributed by atoms with Gasteiger partial charge in [-0.15, -0.1) is 11.3 Å². The Morgan fingerprint density at radius 2 is 2.17 bits per heavy atom. The molecule has 1 aromatic carbocycles. The van der Waals surface area contributed by atoms with E-state index < -0.39 is 17.7 Å². The lowest BCUT2D eigenvalue weighted by molar-refractivity contribution is -0.119. The molecule has 0 spiro atoms. The third-order valence-electron chi connectivity index (χ3n) is 3.36. The zero-order chi connectivity index (χ0) is 17.1. The highest BCUT2D eigenvalue weighted by atomic mass is 32.2. The van der Waals surface area contributed by atoms with Crippen molar-refractivity contribution in [2.24, 2.45) is 0 Å². The molecule has 0 aliphatic carbocycles. The summed E-state index contributed by atoms with van der Waals surface area (Å²) >= 11 is 2.82. The minimum atomic E-state index is -0.674. The van der Waals surface area contributed by atoms with Gasteiger partial charge < -0.3 is 5.32 Å². The molecule has 0 saturated heterocycles. The SMILES string of the molecule is CC(NC(=O)CSc1ncnc2ccsc12)c1ccc(F)cc1F. The van der Waals surface area contributed by atoms with Crippen LogP contribution in [0.15, 0.2) is 41.0 Å². The fourth-order valence-corrected chi connectivity index (χ4v) is 3.97. The van der Waals surface area contributed by atoms with Crippen molar-refractivity contribution in [2.45, 2.75) is 18.0 Å². The number of rotatable bonds is 5. The summed E-state index contributed by atoms with van der Waals surface area (Å²) in [5.74, 6) is -1.42. The number of thioether (sulfide) groups is 1. The molecular weight excluding hydrogens is 352 g/mol. The number of fused-ring (bicyclic) bond motifs is 1. The first-order chi connectivity index (χ1) is 11.5. The topological polar surface area (TPSA) is 54.9 Å². The maximum absolute atomic E-state index is 13.7. The van der Waals surface area contributed by atoms with Crippen molar-refractivity contribution in [1.29, 1.82) is 0 Å². The number of hydrogen-bond acceptors (Lipinski definition) is 5. The molecule has 0 aliphatic rings. The van der Waals surface area contributed by atoms with Gasteiger partial charge in [0.15, 0.2) is 0 Å². The van der Waals surface area contributed by atoms with Gasteiger partial charge in [0.2, 0.25) is 5.91 Å². The second-order valence-corrected chi connectivity index (χ2v) is 6.94. The van der Waals surface area contributed by atoms with Gasteiger partial charge in [0.05, 0.1) is 22.0 Å². The molecular formula is C16H13F2N3OS2. The van der Waals surface area contributed by atoms with Crippen LogP contribution >= 0.6 is 23.1 Å². The van der Waals surface area contributed by atoms with E-state index in [9.17, 15) is 13.6 Å². The Kier molecular flexibility index (Phi) is 5.06. The van der Waals surface area contributed by atoms with Crippen LogP contribution in [0.1, 0.15) is 18.5 Å². The normalized spacial score (nSPS) is 12.3. The van der Waals surface area contributed by atoms with Crippen molar-refractivity contribution in [3.63, 3.8) is 0 Å². The Morgan fingerprint density at radius 1 is 1.33 bits per heavy atom. The van der Waals surface area contributed by atoms with Gasteiger partial charge in [-0.1, -0.05) is 17.8 Å². The molecule has 0 radical (unpaired) electrons. The van der Waals surface area contributed by atoms with Gasteiger partial charge >= 0.3 is 0 Å². The Bertz CT molecular complexity index is 885. The summed E-state index contributed by atoms with van der Waals surface area (Å²) in [5.41, 5.74) is 1.09. The first kappa shape index (κ1) is 16.8. The lowest BCUT2D eigenvalue weighted by atomic mass is 10.1. The maximum atomic E-state index is 13.7. The quantitative estimate of drug-likeness (QED) is 0.550. The number of hydrogen-bond donors (Lipinski definition) is 1. The Morgan fingerprint density at radius 3 is 2.96 bits per heavy atom. The predicted molar refractivity (Wildman–Crippen MR) is 91.1 cm³/mol. The third-order valence-corrected chi connectivity index (χ3v) is 5.39. The lowest BCUT2D eigenvalue weighted by Gasteiger charge is -2.15. The van der Waals surface area contributed by atoms with Crippen molar-refractivity contribution < 1.29 is 13.6 Å². The minimum absolute atomic E-state index is 0.150. The fraction of sp³-hybridized carbons (Fsp3) is 0.188. The molecule has 1 atom stereocenters. The Labute approximate surface area is 145 Å². The van der Waals surface area contributed by atoms with E-state index in [-0.39, 0.29) is 17.2 Å². The summed E-state index contributed by atoms with van der Waals surface area (Å²) < 4.78 is 27.6. The van der Waals surface area contributed by atoms with Gasteiger partial charge in [0, 0.05) is 11.6 Å². The monoisotopic (exact) mass is 365 g/mol. The summed E-state index contributed by atoms with van der Waals surface area (Å²) in [4.78, 5) is 20.4. The number of aromatic nitrogens is 2. The number of benzene rings is 1. The molecule has 2 heterocycles. The Balaban J connectivity index is 1.62. The Hall–Kier alpha value is -2.06. The number of nitrogens with one attached hydrogen (secondary N) is 1. The largest absolute Gasteiger partial charge is 0.349 e. The van der Waals surface area contributed by atoms with Gasteiger partial charge in [-0.3, -0.25) is 4.79 Å². The van der Waals surface area contributed by atoms with Crippen molar-refractivity contribution in [3.8, 4) is 0 Å². The van der Waals surface area contributed by atoms with Crippen LogP contribution in [-0.4, -0.2) is 21.6 Å². The van der Waals surface area contributed by atoms with Crippen LogP contribution in [0.3, 0.4) is 0 Å². The smallest absolute Gasteiger partial charge is 0.230 e. The average molecular weight is 365 g/mol. The van der Waals surface area contributed by atoms with E-state index in [0.29, 0.717) is 0 Å². The van der Waals surface area contributed by atoms with Gasteiger partial charge in [-0.05, 0) is 24.4 Å². The predicted octanol–water partition coefficient (Wildman–Crippen LogP) is 3.94. The molecule has 1 N–H and O–H groups in total. The molecule has 0 bridgehead atoms. The first-order valence-electron chi connectivity index (χ1n) is 7.10. The molecule has 24 heavy (non-hydrogen) atoms. The zero-order valence-electron chi connectivity index (χ0n) is 12.6. The van der Waals surface area contributed by atoms with Crippen LogP contribution < -0.4 is 5.32 Å². The number of carbonyl (C=O) groups is 1. The number of amides is 1. The summed E-state index contributed by atoms with van der Waals surface area (Å²) in [6.45, 7) is 1.65. The van der Waals surface area contributed by atoms with Gasteiger partial charge in [-0.25, -0.2) is 18.7 Å². The maximum Gasteiger partial charge on any atom is 0.230 e. The van der Waals surface area contributed by atoms with Crippen LogP contribution in [0, 0.1) is 11.6 Å². The van der Waals surface area contributed by atoms with Crippen LogP contribution in [0.2, 0.25) is 0 Å². The first-order valence-corrected chi connectivity index (χ1v) is 8.96. The second kappa shape index (κ2) is 7.23. The summed E-state index contributed by atoms with van der Waals surface area (Å²) in [6.07, 6.45) is 1.46. The molecule has 0 saturated carbocycles. The lowest BCUT2D eigenvalue weighted by Crippen LogP contribution is -2.28. The van der Waals surface area contributed by atoms with Gasteiger partial charge in [0.25, 0.3) is 0 Å². The second-order valence-electron chi connectivity index (χ2n) is 5.06. The molecule has 3 rings (SSSR count). The van der Waals surface area contributed by atoms with E-state index in [2.05, 4.69) is 15.3 Å². The van der Waals surface area contributed by atoms with Crippen molar-refractivity contribution in [3.05, 3.63) is 53.2 Å². The van der Waals surface area contributed by atoms with Crippen molar-refractivity contribution in [2.75, 3.05) is 5.75 Å². The highest BCUT2D eigenvalue weighted by Crippen LogP contribution is 2.28. The van der Waals surface area contributed by atoms with Crippen LogP contribution in [0.5, 0.6) is 0 Å². The number of carbonyl (C=O) groups excluding carboxylic acids is 1.